The van der Waals surface area contributed by atoms with E-state index in [4.69, 9.17) is 15.2 Å². The molecule has 112 valence electrons. The maximum Gasteiger partial charge on any atom is 0.127 e. The molecule has 0 heterocycles. The van der Waals surface area contributed by atoms with Crippen molar-refractivity contribution in [3.63, 3.8) is 0 Å². The average molecular weight is 354 g/mol. The lowest BCUT2D eigenvalue weighted by Gasteiger charge is -2.14. The summed E-state index contributed by atoms with van der Waals surface area (Å²) in [4.78, 5) is 0. The number of ether oxygens (including phenoxy) is 2. The Bertz CT molecular complexity index is 587. The van der Waals surface area contributed by atoms with Gasteiger partial charge >= 0.3 is 0 Å². The molecule has 2 N–H and O–H groups in total. The fraction of sp³-hybridized carbons (Fsp3) is 0.250. The molecule has 0 aromatic heterocycles. The molecule has 0 saturated carbocycles. The van der Waals surface area contributed by atoms with Crippen LogP contribution < -0.4 is 15.2 Å². The van der Waals surface area contributed by atoms with Crippen LogP contribution in [0.5, 0.6) is 11.5 Å². The first-order chi connectivity index (χ1) is 10.1. The highest BCUT2D eigenvalue weighted by atomic mass is 79.9. The summed E-state index contributed by atoms with van der Waals surface area (Å²) in [6.07, 6.45) is 0. The zero-order valence-corrected chi connectivity index (χ0v) is 13.3. The third kappa shape index (κ3) is 4.72. The Kier molecular flexibility index (Phi) is 5.59. The van der Waals surface area contributed by atoms with Gasteiger partial charge in [0, 0.05) is 22.1 Å². The Labute approximate surface area is 132 Å². The van der Waals surface area contributed by atoms with Crippen molar-refractivity contribution in [2.45, 2.75) is 13.0 Å². The Morgan fingerprint density at radius 2 is 1.76 bits per heavy atom. The maximum absolute atomic E-state index is 13.3. The van der Waals surface area contributed by atoms with Crippen LogP contribution in [0, 0.1) is 5.82 Å². The zero-order valence-electron chi connectivity index (χ0n) is 11.7. The predicted octanol–water partition coefficient (Wildman–Crippen LogP) is 4.07. The molecular formula is C16H17BrFNO2. The molecule has 0 spiro atoms. The first-order valence-corrected chi connectivity index (χ1v) is 7.42. The normalized spacial score (nSPS) is 12.0. The summed E-state index contributed by atoms with van der Waals surface area (Å²) in [7, 11) is 0. The van der Waals surface area contributed by atoms with Crippen LogP contribution in [0.1, 0.15) is 18.5 Å². The Hall–Kier alpha value is -1.59. The van der Waals surface area contributed by atoms with Crippen LogP contribution in [0.15, 0.2) is 46.9 Å². The van der Waals surface area contributed by atoms with Gasteiger partial charge in [-0.1, -0.05) is 22.0 Å². The summed E-state index contributed by atoms with van der Waals surface area (Å²) >= 11 is 3.36. The van der Waals surface area contributed by atoms with Gasteiger partial charge in [-0.3, -0.25) is 0 Å². The molecule has 2 aromatic rings. The second-order valence-electron chi connectivity index (χ2n) is 4.62. The number of benzene rings is 2. The average Bonchev–Trinajstić information content (AvgIpc) is 2.45. The SMILES string of the molecule is CC(N)c1ccc(F)cc1OCCOc1ccc(Br)cc1. The number of hydrogen-bond acceptors (Lipinski definition) is 3. The smallest absolute Gasteiger partial charge is 0.127 e. The van der Waals surface area contributed by atoms with Gasteiger partial charge in [-0.2, -0.15) is 0 Å². The van der Waals surface area contributed by atoms with Crippen LogP contribution in [-0.4, -0.2) is 13.2 Å². The molecule has 0 aliphatic heterocycles. The first-order valence-electron chi connectivity index (χ1n) is 6.62. The van der Waals surface area contributed by atoms with E-state index in [1.165, 1.54) is 12.1 Å². The fourth-order valence-electron chi connectivity index (χ4n) is 1.85. The van der Waals surface area contributed by atoms with E-state index < -0.39 is 0 Å². The van der Waals surface area contributed by atoms with Gasteiger partial charge in [-0.05, 0) is 37.3 Å². The summed E-state index contributed by atoms with van der Waals surface area (Å²) < 4.78 is 25.4. The highest BCUT2D eigenvalue weighted by molar-refractivity contribution is 9.10. The highest BCUT2D eigenvalue weighted by Gasteiger charge is 2.09. The standard InChI is InChI=1S/C16H17BrFNO2/c1-11(19)15-7-4-13(18)10-16(15)21-9-8-20-14-5-2-12(17)3-6-14/h2-7,10-11H,8-9,19H2,1H3. The first kappa shape index (κ1) is 15.8. The van der Waals surface area contributed by atoms with Gasteiger partial charge in [0.15, 0.2) is 0 Å². The van der Waals surface area contributed by atoms with E-state index in [9.17, 15) is 4.39 Å². The second-order valence-corrected chi connectivity index (χ2v) is 5.54. The van der Waals surface area contributed by atoms with Crippen molar-refractivity contribution < 1.29 is 13.9 Å². The molecule has 1 atom stereocenters. The monoisotopic (exact) mass is 353 g/mol. The van der Waals surface area contributed by atoms with Crippen molar-refractivity contribution in [2.75, 3.05) is 13.2 Å². The fourth-order valence-corrected chi connectivity index (χ4v) is 2.12. The number of hydrogen-bond donors (Lipinski definition) is 1. The van der Waals surface area contributed by atoms with Crippen molar-refractivity contribution in [2.24, 2.45) is 5.73 Å². The van der Waals surface area contributed by atoms with Crippen molar-refractivity contribution in [3.05, 3.63) is 58.3 Å². The quantitative estimate of drug-likeness (QED) is 0.796. The van der Waals surface area contributed by atoms with Crippen molar-refractivity contribution >= 4 is 15.9 Å². The lowest BCUT2D eigenvalue weighted by molar-refractivity contribution is 0.215. The van der Waals surface area contributed by atoms with Gasteiger partial charge in [-0.15, -0.1) is 0 Å². The minimum atomic E-state index is -0.344. The van der Waals surface area contributed by atoms with Gasteiger partial charge in [-0.25, -0.2) is 4.39 Å². The van der Waals surface area contributed by atoms with E-state index in [2.05, 4.69) is 15.9 Å². The number of halogens is 2. The summed E-state index contributed by atoms with van der Waals surface area (Å²) in [5, 5.41) is 0. The highest BCUT2D eigenvalue weighted by Crippen LogP contribution is 2.24. The molecule has 0 fully saturated rings. The van der Waals surface area contributed by atoms with E-state index in [1.807, 2.05) is 31.2 Å². The lowest BCUT2D eigenvalue weighted by atomic mass is 10.1. The molecule has 2 rings (SSSR count). The summed E-state index contributed by atoms with van der Waals surface area (Å²) in [6, 6.07) is 11.7. The maximum atomic E-state index is 13.3. The van der Waals surface area contributed by atoms with Gasteiger partial charge in [0.1, 0.15) is 30.5 Å². The molecule has 5 heteroatoms. The molecule has 0 saturated heterocycles. The Morgan fingerprint density at radius 1 is 1.10 bits per heavy atom. The van der Waals surface area contributed by atoms with Crippen LogP contribution in [0.3, 0.4) is 0 Å². The summed E-state index contributed by atoms with van der Waals surface area (Å²) in [5.74, 6) is 0.876. The molecule has 0 bridgehead atoms. The third-order valence-corrected chi connectivity index (χ3v) is 3.42. The molecule has 2 aromatic carbocycles. The van der Waals surface area contributed by atoms with Gasteiger partial charge in [0.25, 0.3) is 0 Å². The van der Waals surface area contributed by atoms with Gasteiger partial charge in [0.2, 0.25) is 0 Å². The Balaban J connectivity index is 1.88. The zero-order chi connectivity index (χ0) is 15.2. The molecule has 1 unspecified atom stereocenters. The van der Waals surface area contributed by atoms with Crippen LogP contribution in [0.25, 0.3) is 0 Å². The molecule has 21 heavy (non-hydrogen) atoms. The van der Waals surface area contributed by atoms with Crippen LogP contribution in [-0.2, 0) is 0 Å². The second kappa shape index (κ2) is 7.43. The molecule has 0 radical (unpaired) electrons. The van der Waals surface area contributed by atoms with Crippen molar-refractivity contribution in [1.29, 1.82) is 0 Å². The lowest BCUT2D eigenvalue weighted by Crippen LogP contribution is -2.13. The summed E-state index contributed by atoms with van der Waals surface area (Å²) in [6.45, 7) is 2.52. The van der Waals surface area contributed by atoms with Crippen LogP contribution in [0.4, 0.5) is 4.39 Å². The van der Waals surface area contributed by atoms with E-state index in [0.29, 0.717) is 19.0 Å². The number of nitrogens with two attached hydrogens (primary N) is 1. The van der Waals surface area contributed by atoms with Gasteiger partial charge < -0.3 is 15.2 Å². The molecule has 0 aliphatic carbocycles. The third-order valence-electron chi connectivity index (χ3n) is 2.89. The van der Waals surface area contributed by atoms with Gasteiger partial charge in [0.05, 0.1) is 0 Å². The topological polar surface area (TPSA) is 44.5 Å². The largest absolute Gasteiger partial charge is 0.490 e. The van der Waals surface area contributed by atoms with Crippen molar-refractivity contribution in [3.8, 4) is 11.5 Å². The molecular weight excluding hydrogens is 337 g/mol. The molecule has 0 aliphatic rings. The van der Waals surface area contributed by atoms with Crippen LogP contribution in [0.2, 0.25) is 0 Å². The van der Waals surface area contributed by atoms with E-state index in [0.717, 1.165) is 15.8 Å². The minimum absolute atomic E-state index is 0.215. The van der Waals surface area contributed by atoms with E-state index in [1.54, 1.807) is 6.07 Å². The summed E-state index contributed by atoms with van der Waals surface area (Å²) in [5.41, 5.74) is 6.61. The van der Waals surface area contributed by atoms with E-state index in [-0.39, 0.29) is 11.9 Å². The van der Waals surface area contributed by atoms with Crippen LogP contribution >= 0.6 is 15.9 Å². The minimum Gasteiger partial charge on any atom is -0.490 e. The molecule has 3 nitrogen and oxygen atoms in total. The predicted molar refractivity (Wildman–Crippen MR) is 84.1 cm³/mol. The van der Waals surface area contributed by atoms with Crippen molar-refractivity contribution in [1.82, 2.24) is 0 Å². The molecule has 0 amide bonds. The van der Waals surface area contributed by atoms with E-state index >= 15 is 0 Å². The Morgan fingerprint density at radius 3 is 2.43 bits per heavy atom. The number of rotatable bonds is 6.